The maximum absolute atomic E-state index is 3.84. The fourth-order valence-electron chi connectivity index (χ4n) is 1.76. The van der Waals surface area contributed by atoms with Crippen LogP contribution in [0.1, 0.15) is 37.3 Å². The molecule has 0 radical (unpaired) electrons. The lowest BCUT2D eigenvalue weighted by molar-refractivity contribution is 0.733. The summed E-state index contributed by atoms with van der Waals surface area (Å²) in [5, 5.41) is 11.4. The molecule has 1 aromatic carbocycles. The van der Waals surface area contributed by atoms with Gasteiger partial charge < -0.3 is 5.32 Å². The van der Waals surface area contributed by atoms with Gasteiger partial charge in [-0.15, -0.1) is 0 Å². The van der Waals surface area contributed by atoms with Crippen LogP contribution in [0.3, 0.4) is 0 Å². The fraction of sp³-hybridized carbons (Fsp3) is 0.462. The molecule has 18 heavy (non-hydrogen) atoms. The molecule has 2 aromatic rings. The number of hydrogen-bond acceptors (Lipinski definition) is 5. The Hall–Kier alpha value is -1.49. The first kappa shape index (κ1) is 13.0. The fourth-order valence-corrected chi connectivity index (χ4v) is 2.15. The largest absolute Gasteiger partial charge is 0.359 e. The Morgan fingerprint density at radius 2 is 2.06 bits per heavy atom. The molecule has 0 saturated heterocycles. The van der Waals surface area contributed by atoms with E-state index in [9.17, 15) is 0 Å². The molecule has 0 aliphatic heterocycles. The average Bonchev–Trinajstić information content (AvgIpc) is 2.92. The third kappa shape index (κ3) is 3.50. The number of aromatic nitrogens is 3. The molecule has 0 amide bonds. The van der Waals surface area contributed by atoms with Crippen molar-refractivity contribution in [2.75, 3.05) is 11.9 Å². The van der Waals surface area contributed by atoms with Crippen molar-refractivity contribution in [1.82, 2.24) is 14.8 Å². The van der Waals surface area contributed by atoms with E-state index < -0.39 is 0 Å². The predicted octanol–water partition coefficient (Wildman–Crippen LogP) is 3.10. The highest BCUT2D eigenvalue weighted by Gasteiger charge is 2.02. The first-order valence-electron chi connectivity index (χ1n) is 6.27. The van der Waals surface area contributed by atoms with Crippen molar-refractivity contribution in [2.45, 2.75) is 32.6 Å². The summed E-state index contributed by atoms with van der Waals surface area (Å²) < 4.78 is 3.71. The van der Waals surface area contributed by atoms with Crippen molar-refractivity contribution in [3.8, 4) is 0 Å². The molecule has 1 atom stereocenters. The second-order valence-electron chi connectivity index (χ2n) is 4.40. The van der Waals surface area contributed by atoms with Gasteiger partial charge in [0.1, 0.15) is 0 Å². The summed E-state index contributed by atoms with van der Waals surface area (Å²) in [6, 6.07) is 8.88. The van der Waals surface area contributed by atoms with Crippen LogP contribution >= 0.6 is 11.5 Å². The van der Waals surface area contributed by atoms with Crippen LogP contribution in [0.4, 0.5) is 5.13 Å². The molecule has 1 N–H and O–H groups in total. The maximum Gasteiger partial charge on any atom is 0.225 e. The first-order chi connectivity index (χ1) is 8.79. The highest BCUT2D eigenvalue weighted by molar-refractivity contribution is 7.09. The predicted molar refractivity (Wildman–Crippen MR) is 75.0 cm³/mol. The van der Waals surface area contributed by atoms with Crippen molar-refractivity contribution >= 4 is 16.7 Å². The van der Waals surface area contributed by atoms with Gasteiger partial charge in [0, 0.05) is 18.1 Å². The Labute approximate surface area is 112 Å². The Bertz CT molecular complexity index is 452. The minimum atomic E-state index is 0.643. The Morgan fingerprint density at radius 3 is 2.67 bits per heavy atom. The van der Waals surface area contributed by atoms with E-state index in [1.807, 2.05) is 0 Å². The van der Waals surface area contributed by atoms with Crippen molar-refractivity contribution in [3.63, 3.8) is 0 Å². The molecule has 1 heterocycles. The lowest BCUT2D eigenvalue weighted by Gasteiger charge is -2.09. The Balaban J connectivity index is 1.83. The third-order valence-electron chi connectivity index (χ3n) is 3.15. The van der Waals surface area contributed by atoms with E-state index in [-0.39, 0.29) is 0 Å². The maximum atomic E-state index is 3.84. The van der Waals surface area contributed by atoms with Gasteiger partial charge in [-0.2, -0.15) is 0 Å². The van der Waals surface area contributed by atoms with Crippen molar-refractivity contribution < 1.29 is 0 Å². The van der Waals surface area contributed by atoms with Crippen LogP contribution in [0.2, 0.25) is 0 Å². The van der Waals surface area contributed by atoms with Crippen LogP contribution in [0.15, 0.2) is 24.3 Å². The normalized spacial score (nSPS) is 12.3. The molecule has 96 valence electrons. The second kappa shape index (κ2) is 6.44. The number of rotatable bonds is 6. The molecule has 1 unspecified atom stereocenters. The second-order valence-corrected chi connectivity index (χ2v) is 5.13. The van der Waals surface area contributed by atoms with Gasteiger partial charge in [0.15, 0.2) is 0 Å². The minimum absolute atomic E-state index is 0.643. The van der Waals surface area contributed by atoms with Gasteiger partial charge in [-0.25, -0.2) is 0 Å². The molecule has 0 aliphatic rings. The summed E-state index contributed by atoms with van der Waals surface area (Å²) in [4.78, 5) is 0. The van der Waals surface area contributed by atoms with Gasteiger partial charge in [0.2, 0.25) is 5.13 Å². The molecular formula is C13H18N4S. The number of benzene rings is 1. The number of hydrogen-bond donors (Lipinski definition) is 1. The molecule has 0 bridgehead atoms. The SMILES string of the molecule is CCC(C)c1ccc(CCNc2nnns2)cc1. The van der Waals surface area contributed by atoms with Crippen LogP contribution in [0.25, 0.3) is 0 Å². The average molecular weight is 262 g/mol. The smallest absolute Gasteiger partial charge is 0.225 e. The lowest BCUT2D eigenvalue weighted by atomic mass is 9.97. The lowest BCUT2D eigenvalue weighted by Crippen LogP contribution is -2.04. The zero-order valence-corrected chi connectivity index (χ0v) is 11.6. The van der Waals surface area contributed by atoms with Crippen LogP contribution < -0.4 is 5.32 Å². The zero-order valence-electron chi connectivity index (χ0n) is 10.8. The van der Waals surface area contributed by atoms with Gasteiger partial charge >= 0.3 is 0 Å². The number of anilines is 1. The quantitative estimate of drug-likeness (QED) is 0.869. The summed E-state index contributed by atoms with van der Waals surface area (Å²) >= 11 is 1.28. The molecule has 4 nitrogen and oxygen atoms in total. The summed E-state index contributed by atoms with van der Waals surface area (Å²) in [6.45, 7) is 5.34. The molecule has 2 rings (SSSR count). The first-order valence-corrected chi connectivity index (χ1v) is 7.04. The van der Waals surface area contributed by atoms with E-state index in [1.54, 1.807) is 0 Å². The van der Waals surface area contributed by atoms with E-state index in [2.05, 4.69) is 58.2 Å². The van der Waals surface area contributed by atoms with Crippen LogP contribution in [0.5, 0.6) is 0 Å². The van der Waals surface area contributed by atoms with E-state index >= 15 is 0 Å². The summed E-state index contributed by atoms with van der Waals surface area (Å²) in [5.74, 6) is 0.643. The van der Waals surface area contributed by atoms with Crippen LogP contribution in [-0.2, 0) is 6.42 Å². The molecule has 0 aliphatic carbocycles. The van der Waals surface area contributed by atoms with Gasteiger partial charge in [-0.05, 0) is 35.1 Å². The summed E-state index contributed by atoms with van der Waals surface area (Å²) in [6.07, 6.45) is 2.17. The van der Waals surface area contributed by atoms with E-state index in [0.717, 1.165) is 18.1 Å². The molecule has 0 saturated carbocycles. The van der Waals surface area contributed by atoms with Crippen molar-refractivity contribution in [3.05, 3.63) is 35.4 Å². The summed E-state index contributed by atoms with van der Waals surface area (Å²) in [5.41, 5.74) is 2.76. The van der Waals surface area contributed by atoms with Crippen LogP contribution in [-0.4, -0.2) is 21.3 Å². The monoisotopic (exact) mass is 262 g/mol. The highest BCUT2D eigenvalue weighted by atomic mass is 32.1. The Kier molecular flexibility index (Phi) is 4.64. The van der Waals surface area contributed by atoms with Gasteiger partial charge in [-0.1, -0.05) is 47.7 Å². The molecule has 0 spiro atoms. The third-order valence-corrected chi connectivity index (χ3v) is 3.70. The number of nitrogens with one attached hydrogen (secondary N) is 1. The number of nitrogens with zero attached hydrogens (tertiary/aromatic N) is 3. The van der Waals surface area contributed by atoms with Gasteiger partial charge in [0.05, 0.1) is 0 Å². The van der Waals surface area contributed by atoms with Gasteiger partial charge in [-0.3, -0.25) is 0 Å². The zero-order chi connectivity index (χ0) is 12.8. The van der Waals surface area contributed by atoms with E-state index in [0.29, 0.717) is 5.92 Å². The molecule has 0 fully saturated rings. The van der Waals surface area contributed by atoms with Crippen molar-refractivity contribution in [1.29, 1.82) is 0 Å². The molecular weight excluding hydrogens is 244 g/mol. The Morgan fingerprint density at radius 1 is 1.28 bits per heavy atom. The summed E-state index contributed by atoms with van der Waals surface area (Å²) in [7, 11) is 0. The van der Waals surface area contributed by atoms with Crippen LogP contribution in [0, 0.1) is 0 Å². The molecule has 1 aromatic heterocycles. The van der Waals surface area contributed by atoms with Crippen molar-refractivity contribution in [2.24, 2.45) is 0 Å². The van der Waals surface area contributed by atoms with E-state index in [4.69, 9.17) is 0 Å². The standard InChI is InChI=1S/C13H18N4S/c1-3-10(2)12-6-4-11(5-7-12)8-9-14-13-15-16-17-18-13/h4-7,10H,3,8-9H2,1-2H3,(H,14,15,17). The topological polar surface area (TPSA) is 50.7 Å². The molecule has 5 heteroatoms. The highest BCUT2D eigenvalue weighted by Crippen LogP contribution is 2.18. The minimum Gasteiger partial charge on any atom is -0.359 e. The van der Waals surface area contributed by atoms with Gasteiger partial charge in [0.25, 0.3) is 0 Å². The van der Waals surface area contributed by atoms with E-state index in [1.165, 1.54) is 29.1 Å².